The summed E-state index contributed by atoms with van der Waals surface area (Å²) < 4.78 is 0. The molecule has 1 fully saturated rings. The lowest BCUT2D eigenvalue weighted by Gasteiger charge is -2.23. The molecule has 1 saturated heterocycles. The van der Waals surface area contributed by atoms with Crippen molar-refractivity contribution in [2.24, 2.45) is 5.92 Å². The van der Waals surface area contributed by atoms with Gasteiger partial charge in [-0.15, -0.1) is 0 Å². The second-order valence-electron chi connectivity index (χ2n) is 3.94. The molecule has 0 aliphatic carbocycles. The maximum atomic E-state index is 11.7. The Bertz CT molecular complexity index is 257. The summed E-state index contributed by atoms with van der Waals surface area (Å²) in [6, 6.07) is 2.02. The summed E-state index contributed by atoms with van der Waals surface area (Å²) in [4.78, 5) is 13.4. The first kappa shape index (κ1) is 11.0. The van der Waals surface area contributed by atoms with Crippen LogP contribution in [0.5, 0.6) is 0 Å². The number of hydrogen-bond acceptors (Lipinski definition) is 3. The fourth-order valence-corrected chi connectivity index (χ4v) is 1.83. The highest BCUT2D eigenvalue weighted by Gasteiger charge is 2.36. The first-order valence-electron chi connectivity index (χ1n) is 4.99. The van der Waals surface area contributed by atoms with Gasteiger partial charge in [-0.25, -0.2) is 0 Å². The van der Waals surface area contributed by atoms with Gasteiger partial charge < -0.3 is 10.2 Å². The van der Waals surface area contributed by atoms with Crippen LogP contribution >= 0.6 is 0 Å². The zero-order valence-corrected chi connectivity index (χ0v) is 8.95. The van der Waals surface area contributed by atoms with E-state index >= 15 is 0 Å². The third-order valence-electron chi connectivity index (χ3n) is 2.68. The van der Waals surface area contributed by atoms with Crippen LogP contribution in [0.25, 0.3) is 0 Å². The van der Waals surface area contributed by atoms with E-state index in [0.717, 1.165) is 6.42 Å². The zero-order valence-electron chi connectivity index (χ0n) is 8.95. The predicted octanol–water partition coefficient (Wildman–Crippen LogP) is 0.355. The highest BCUT2D eigenvalue weighted by molar-refractivity contribution is 5.79. The Morgan fingerprint density at radius 2 is 2.29 bits per heavy atom. The molecule has 4 heteroatoms. The van der Waals surface area contributed by atoms with Crippen molar-refractivity contribution in [3.63, 3.8) is 0 Å². The molecule has 1 N–H and O–H groups in total. The molecule has 0 spiro atoms. The Morgan fingerprint density at radius 1 is 1.64 bits per heavy atom. The van der Waals surface area contributed by atoms with Crippen molar-refractivity contribution >= 4 is 5.91 Å². The van der Waals surface area contributed by atoms with Gasteiger partial charge in [0.2, 0.25) is 5.91 Å². The number of carbonyl (C=O) groups excluding carboxylic acids is 1. The van der Waals surface area contributed by atoms with Crippen LogP contribution < -0.4 is 5.32 Å². The number of hydrogen-bond donors (Lipinski definition) is 1. The van der Waals surface area contributed by atoms with Gasteiger partial charge in [0.25, 0.3) is 0 Å². The number of likely N-dealkylation sites (tertiary alicyclic amines) is 1. The van der Waals surface area contributed by atoms with Crippen molar-refractivity contribution in [3.8, 4) is 6.07 Å². The normalized spacial score (nSPS) is 26.6. The van der Waals surface area contributed by atoms with E-state index in [2.05, 4.69) is 11.4 Å². The molecule has 0 aromatic carbocycles. The lowest BCUT2D eigenvalue weighted by atomic mass is 10.1. The molecule has 1 aliphatic heterocycles. The second kappa shape index (κ2) is 4.43. The molecule has 0 aromatic rings. The van der Waals surface area contributed by atoms with Crippen LogP contribution in [0.3, 0.4) is 0 Å². The molecule has 1 aliphatic rings. The largest absolute Gasteiger partial charge is 0.325 e. The maximum absolute atomic E-state index is 11.7. The third kappa shape index (κ3) is 1.88. The Balaban J connectivity index is 2.73. The quantitative estimate of drug-likeness (QED) is 0.692. The minimum Gasteiger partial charge on any atom is -0.325 e. The van der Waals surface area contributed by atoms with Crippen molar-refractivity contribution in [1.82, 2.24) is 10.2 Å². The summed E-state index contributed by atoms with van der Waals surface area (Å²) in [5.74, 6) is 0.0516. The number of nitrogens with one attached hydrogen (secondary N) is 1. The molecule has 2 atom stereocenters. The Hall–Kier alpha value is -1.08. The van der Waals surface area contributed by atoms with Crippen LogP contribution in [0.2, 0.25) is 0 Å². The summed E-state index contributed by atoms with van der Waals surface area (Å²) in [6.45, 7) is 4.42. The van der Waals surface area contributed by atoms with E-state index in [-0.39, 0.29) is 23.9 Å². The van der Waals surface area contributed by atoms with Gasteiger partial charge in [0.05, 0.1) is 6.07 Å². The van der Waals surface area contributed by atoms with Gasteiger partial charge >= 0.3 is 0 Å². The van der Waals surface area contributed by atoms with Crippen LogP contribution in [0.4, 0.5) is 0 Å². The summed E-state index contributed by atoms with van der Waals surface area (Å²) in [7, 11) is 1.83. The number of nitrogens with zero attached hydrogens (tertiary/aromatic N) is 2. The molecular formula is C10H17N3O. The Kier molecular flexibility index (Phi) is 3.48. The van der Waals surface area contributed by atoms with Crippen molar-refractivity contribution in [2.45, 2.75) is 32.4 Å². The average molecular weight is 195 g/mol. The maximum Gasteiger partial charge on any atom is 0.226 e. The fourth-order valence-electron chi connectivity index (χ4n) is 1.83. The fraction of sp³-hybridized carbons (Fsp3) is 0.800. The predicted molar refractivity (Wildman–Crippen MR) is 53.4 cm³/mol. The van der Waals surface area contributed by atoms with Gasteiger partial charge in [-0.1, -0.05) is 13.8 Å². The molecule has 4 nitrogen and oxygen atoms in total. The van der Waals surface area contributed by atoms with E-state index < -0.39 is 0 Å². The van der Waals surface area contributed by atoms with Gasteiger partial charge in [-0.2, -0.15) is 5.26 Å². The van der Waals surface area contributed by atoms with Crippen LogP contribution in [-0.4, -0.2) is 36.5 Å². The lowest BCUT2D eigenvalue weighted by Crippen LogP contribution is -2.44. The third-order valence-corrected chi connectivity index (χ3v) is 2.68. The van der Waals surface area contributed by atoms with Gasteiger partial charge in [0.15, 0.2) is 0 Å². The molecule has 0 bridgehead atoms. The highest BCUT2D eigenvalue weighted by atomic mass is 16.2. The smallest absolute Gasteiger partial charge is 0.226 e. The molecule has 0 unspecified atom stereocenters. The number of rotatable bonds is 2. The summed E-state index contributed by atoms with van der Waals surface area (Å²) in [5, 5.41) is 12.1. The van der Waals surface area contributed by atoms with E-state index in [1.165, 1.54) is 0 Å². The molecular weight excluding hydrogens is 178 g/mol. The second-order valence-corrected chi connectivity index (χ2v) is 3.94. The van der Waals surface area contributed by atoms with Crippen molar-refractivity contribution in [1.29, 1.82) is 5.26 Å². The molecule has 1 rings (SSSR count). The van der Waals surface area contributed by atoms with Crippen molar-refractivity contribution in [3.05, 3.63) is 0 Å². The van der Waals surface area contributed by atoms with E-state index in [4.69, 9.17) is 5.26 Å². The van der Waals surface area contributed by atoms with Crippen LogP contribution in [0.15, 0.2) is 0 Å². The Morgan fingerprint density at radius 3 is 2.71 bits per heavy atom. The topological polar surface area (TPSA) is 56.1 Å². The number of carbonyl (C=O) groups is 1. The molecule has 0 radical (unpaired) electrons. The average Bonchev–Trinajstić information content (AvgIpc) is 2.58. The number of likely N-dealkylation sites (N-methyl/N-ethyl adjacent to an activating group) is 1. The molecule has 0 saturated carbocycles. The van der Waals surface area contributed by atoms with Gasteiger partial charge in [0, 0.05) is 18.5 Å². The van der Waals surface area contributed by atoms with Crippen LogP contribution in [0.1, 0.15) is 20.3 Å². The highest BCUT2D eigenvalue weighted by Crippen LogP contribution is 2.19. The van der Waals surface area contributed by atoms with Crippen LogP contribution in [-0.2, 0) is 4.79 Å². The summed E-state index contributed by atoms with van der Waals surface area (Å²) in [5.41, 5.74) is 0. The van der Waals surface area contributed by atoms with Gasteiger partial charge in [-0.05, 0) is 13.5 Å². The Labute approximate surface area is 84.9 Å². The first-order chi connectivity index (χ1) is 6.61. The van der Waals surface area contributed by atoms with Gasteiger partial charge in [0.1, 0.15) is 6.04 Å². The molecule has 1 heterocycles. The van der Waals surface area contributed by atoms with Crippen molar-refractivity contribution in [2.75, 3.05) is 13.6 Å². The minimum atomic E-state index is -0.296. The molecule has 78 valence electrons. The van der Waals surface area contributed by atoms with E-state index in [0.29, 0.717) is 6.54 Å². The molecule has 1 amide bonds. The summed E-state index contributed by atoms with van der Waals surface area (Å²) in [6.07, 6.45) is 0.868. The van der Waals surface area contributed by atoms with E-state index in [1.54, 1.807) is 4.90 Å². The standard InChI is InChI=1S/C10H17N3O/c1-7(2)10(14)13-5-4-8(12-3)9(13)6-11/h7-9,12H,4-5H2,1-3H3/t8-,9+/m1/s1. The monoisotopic (exact) mass is 195 g/mol. The summed E-state index contributed by atoms with van der Waals surface area (Å²) >= 11 is 0. The number of amides is 1. The van der Waals surface area contributed by atoms with Gasteiger partial charge in [-0.3, -0.25) is 4.79 Å². The first-order valence-corrected chi connectivity index (χ1v) is 4.99. The van der Waals surface area contributed by atoms with Crippen molar-refractivity contribution < 1.29 is 4.79 Å². The lowest BCUT2D eigenvalue weighted by molar-refractivity contribution is -0.134. The molecule has 14 heavy (non-hydrogen) atoms. The zero-order chi connectivity index (χ0) is 10.7. The van der Waals surface area contributed by atoms with Crippen LogP contribution in [0, 0.1) is 17.2 Å². The van der Waals surface area contributed by atoms with E-state index in [9.17, 15) is 4.79 Å². The molecule has 0 aromatic heterocycles. The minimum absolute atomic E-state index is 0.0264. The number of nitriles is 1. The SMILES string of the molecule is CN[C@@H]1CCN(C(=O)C(C)C)[C@H]1C#N. The van der Waals surface area contributed by atoms with E-state index in [1.807, 2.05) is 20.9 Å².